The molecule has 2 aliphatic rings. The number of hydrogen-bond donors (Lipinski definition) is 0. The number of hydrogen-bond acceptors (Lipinski definition) is 4. The van der Waals surface area contributed by atoms with E-state index in [2.05, 4.69) is 0 Å². The minimum atomic E-state index is -1.30. The van der Waals surface area contributed by atoms with Crippen LogP contribution in [0.1, 0.15) is 27.0 Å². The van der Waals surface area contributed by atoms with E-state index < -0.39 is 16.5 Å². The Labute approximate surface area is 200 Å². The summed E-state index contributed by atoms with van der Waals surface area (Å²) in [5, 5.41) is 0. The van der Waals surface area contributed by atoms with Gasteiger partial charge in [-0.1, -0.05) is 29.8 Å². The van der Waals surface area contributed by atoms with Crippen molar-refractivity contribution < 1.29 is 23.1 Å². The Bertz CT molecular complexity index is 1290. The predicted molar refractivity (Wildman–Crippen MR) is 127 cm³/mol. The summed E-state index contributed by atoms with van der Waals surface area (Å²) >= 11 is 1.37. The van der Waals surface area contributed by atoms with Crippen LogP contribution in [0.5, 0.6) is 5.75 Å². The normalized spacial score (nSPS) is 19.1. The summed E-state index contributed by atoms with van der Waals surface area (Å²) in [6.45, 7) is 2.00. The van der Waals surface area contributed by atoms with Crippen LogP contribution in [-0.4, -0.2) is 36.1 Å². The van der Waals surface area contributed by atoms with Crippen molar-refractivity contribution >= 4 is 29.3 Å². The topological polar surface area (TPSA) is 49.9 Å². The molecule has 5 rings (SSSR count). The lowest BCUT2D eigenvalue weighted by molar-refractivity contribution is -0.123. The Morgan fingerprint density at radius 3 is 2.56 bits per heavy atom. The van der Waals surface area contributed by atoms with Gasteiger partial charge in [-0.15, -0.1) is 11.8 Å². The van der Waals surface area contributed by atoms with Gasteiger partial charge in [0.15, 0.2) is 4.87 Å². The smallest absolute Gasteiger partial charge is 0.268 e. The van der Waals surface area contributed by atoms with Gasteiger partial charge in [-0.25, -0.2) is 8.78 Å². The van der Waals surface area contributed by atoms with Crippen molar-refractivity contribution in [3.63, 3.8) is 0 Å². The second kappa shape index (κ2) is 8.43. The van der Waals surface area contributed by atoms with E-state index in [4.69, 9.17) is 4.74 Å². The van der Waals surface area contributed by atoms with Crippen LogP contribution in [0.3, 0.4) is 0 Å². The SMILES string of the molecule is COc1cccc(C(=O)N2CCS[C@]23C(=O)N(Cc2c(F)cccc2F)c2ccc(C)cc23)c1. The fourth-order valence-corrected chi connectivity index (χ4v) is 6.09. The Balaban J connectivity index is 1.61. The summed E-state index contributed by atoms with van der Waals surface area (Å²) in [6, 6.07) is 16.0. The molecule has 174 valence electrons. The number of amides is 2. The number of benzene rings is 3. The molecule has 1 fully saturated rings. The van der Waals surface area contributed by atoms with Crippen molar-refractivity contribution in [3.8, 4) is 5.75 Å². The lowest BCUT2D eigenvalue weighted by atomic mass is 10.0. The van der Waals surface area contributed by atoms with Crippen LogP contribution in [0.2, 0.25) is 0 Å². The first-order valence-electron chi connectivity index (χ1n) is 10.8. The number of thioether (sulfide) groups is 1. The zero-order chi connectivity index (χ0) is 24.0. The number of carbonyl (C=O) groups is 2. The maximum atomic E-state index is 14.5. The zero-order valence-electron chi connectivity index (χ0n) is 18.7. The van der Waals surface area contributed by atoms with E-state index in [-0.39, 0.29) is 23.9 Å². The van der Waals surface area contributed by atoms with Crippen LogP contribution < -0.4 is 9.64 Å². The highest BCUT2D eigenvalue weighted by Crippen LogP contribution is 2.55. The molecule has 1 spiro atoms. The van der Waals surface area contributed by atoms with Gasteiger partial charge in [0.2, 0.25) is 0 Å². The van der Waals surface area contributed by atoms with Crippen LogP contribution in [0.4, 0.5) is 14.5 Å². The second-order valence-corrected chi connectivity index (χ2v) is 9.58. The minimum absolute atomic E-state index is 0.187. The van der Waals surface area contributed by atoms with Gasteiger partial charge in [0.05, 0.1) is 19.3 Å². The van der Waals surface area contributed by atoms with Crippen molar-refractivity contribution in [1.29, 1.82) is 0 Å². The van der Waals surface area contributed by atoms with E-state index in [1.54, 1.807) is 35.2 Å². The summed E-state index contributed by atoms with van der Waals surface area (Å²) in [7, 11) is 1.52. The fourth-order valence-electron chi connectivity index (χ4n) is 4.64. The van der Waals surface area contributed by atoms with Crippen molar-refractivity contribution in [2.24, 2.45) is 0 Å². The molecule has 1 atom stereocenters. The largest absolute Gasteiger partial charge is 0.497 e. The molecular weight excluding hydrogens is 458 g/mol. The molecule has 0 radical (unpaired) electrons. The van der Waals surface area contributed by atoms with Crippen molar-refractivity contribution in [2.45, 2.75) is 18.3 Å². The first-order chi connectivity index (χ1) is 16.4. The number of methoxy groups -OCH3 is 1. The van der Waals surface area contributed by atoms with Crippen molar-refractivity contribution in [3.05, 3.63) is 94.6 Å². The average molecular weight is 481 g/mol. The Morgan fingerprint density at radius 2 is 1.82 bits per heavy atom. The third kappa shape index (κ3) is 3.36. The summed E-state index contributed by atoms with van der Waals surface area (Å²) in [6.07, 6.45) is 0. The molecule has 2 heterocycles. The van der Waals surface area contributed by atoms with E-state index >= 15 is 0 Å². The number of anilines is 1. The number of halogens is 2. The van der Waals surface area contributed by atoms with Gasteiger partial charge < -0.3 is 14.5 Å². The lowest BCUT2D eigenvalue weighted by Crippen LogP contribution is -2.50. The molecule has 2 amide bonds. The quantitative estimate of drug-likeness (QED) is 0.535. The van der Waals surface area contributed by atoms with Crippen molar-refractivity contribution in [2.75, 3.05) is 24.3 Å². The third-order valence-corrected chi connectivity index (χ3v) is 7.71. The number of nitrogens with zero attached hydrogens (tertiary/aromatic N) is 2. The van der Waals surface area contributed by atoms with Gasteiger partial charge in [-0.2, -0.15) is 0 Å². The number of aryl methyl sites for hydroxylation is 1. The van der Waals surface area contributed by atoms with E-state index in [1.165, 1.54) is 42.0 Å². The van der Waals surface area contributed by atoms with Gasteiger partial charge >= 0.3 is 0 Å². The van der Waals surface area contributed by atoms with Crippen LogP contribution in [-0.2, 0) is 16.2 Å². The minimum Gasteiger partial charge on any atom is -0.497 e. The number of rotatable bonds is 4. The summed E-state index contributed by atoms with van der Waals surface area (Å²) in [5.41, 5.74) is 2.35. The maximum Gasteiger partial charge on any atom is 0.268 e. The highest BCUT2D eigenvalue weighted by atomic mass is 32.2. The van der Waals surface area contributed by atoms with Gasteiger partial charge in [0, 0.05) is 29.0 Å². The van der Waals surface area contributed by atoms with E-state index in [0.29, 0.717) is 34.9 Å². The maximum absolute atomic E-state index is 14.5. The Kier molecular flexibility index (Phi) is 5.56. The highest BCUT2D eigenvalue weighted by molar-refractivity contribution is 8.01. The number of fused-ring (bicyclic) bond motifs is 2. The van der Waals surface area contributed by atoms with Crippen molar-refractivity contribution in [1.82, 2.24) is 4.90 Å². The molecule has 0 N–H and O–H groups in total. The molecule has 0 unspecified atom stereocenters. The summed E-state index contributed by atoms with van der Waals surface area (Å²) in [4.78, 5) is 29.4. The van der Waals surface area contributed by atoms with E-state index in [0.717, 1.165) is 5.56 Å². The van der Waals surface area contributed by atoms with Gasteiger partial charge in [0.1, 0.15) is 17.4 Å². The first kappa shape index (κ1) is 22.4. The molecular formula is C26H22F2N2O3S. The van der Waals surface area contributed by atoms with E-state index in [9.17, 15) is 18.4 Å². The van der Waals surface area contributed by atoms with Crippen LogP contribution >= 0.6 is 11.8 Å². The molecule has 34 heavy (non-hydrogen) atoms. The fraction of sp³-hybridized carbons (Fsp3) is 0.231. The molecule has 3 aromatic rings. The Morgan fingerprint density at radius 1 is 1.09 bits per heavy atom. The average Bonchev–Trinajstić information content (AvgIpc) is 3.37. The molecule has 0 bridgehead atoms. The number of ether oxygens (including phenoxy) is 1. The monoisotopic (exact) mass is 480 g/mol. The summed E-state index contributed by atoms with van der Waals surface area (Å²) < 4.78 is 34.2. The molecule has 0 saturated carbocycles. The molecule has 0 aliphatic carbocycles. The predicted octanol–water partition coefficient (Wildman–Crippen LogP) is 4.87. The summed E-state index contributed by atoms with van der Waals surface area (Å²) in [5.74, 6) is -1.02. The Hall–Kier alpha value is -3.39. The molecule has 8 heteroatoms. The van der Waals surface area contributed by atoms with Gasteiger partial charge in [0.25, 0.3) is 11.8 Å². The highest BCUT2D eigenvalue weighted by Gasteiger charge is 2.59. The van der Waals surface area contributed by atoms with Crippen LogP contribution in [0, 0.1) is 18.6 Å². The molecule has 0 aromatic heterocycles. The molecule has 5 nitrogen and oxygen atoms in total. The first-order valence-corrected chi connectivity index (χ1v) is 11.8. The zero-order valence-corrected chi connectivity index (χ0v) is 19.5. The van der Waals surface area contributed by atoms with E-state index in [1.807, 2.05) is 19.1 Å². The molecule has 3 aromatic carbocycles. The third-order valence-electron chi connectivity index (χ3n) is 6.29. The van der Waals surface area contributed by atoms with Crippen LogP contribution in [0.25, 0.3) is 0 Å². The molecule has 1 saturated heterocycles. The number of carbonyl (C=O) groups excluding carboxylic acids is 2. The standard InChI is InChI=1S/C26H22F2N2O3S/c1-16-9-10-23-20(13-16)26(25(32)29(23)15-19-21(27)7-4-8-22(19)28)30(11-12-34-26)24(31)17-5-3-6-18(14-17)33-2/h3-10,13-14H,11-12,15H2,1-2H3/t26-/m1/s1. The molecule has 2 aliphatic heterocycles. The lowest BCUT2D eigenvalue weighted by Gasteiger charge is -2.33. The second-order valence-electron chi connectivity index (χ2n) is 8.29. The van der Waals surface area contributed by atoms with Gasteiger partial charge in [-0.05, 0) is 43.3 Å². The van der Waals surface area contributed by atoms with Gasteiger partial charge in [-0.3, -0.25) is 9.59 Å². The van der Waals surface area contributed by atoms with Crippen LogP contribution in [0.15, 0.2) is 60.7 Å².